The topological polar surface area (TPSA) is 0 Å². The average Bonchev–Trinajstić information content (AvgIpc) is 2.51. The summed E-state index contributed by atoms with van der Waals surface area (Å²) in [6.07, 6.45) is 0. The van der Waals surface area contributed by atoms with Crippen molar-refractivity contribution in [3.63, 3.8) is 0 Å². The van der Waals surface area contributed by atoms with E-state index in [1.165, 1.54) is 15.9 Å². The summed E-state index contributed by atoms with van der Waals surface area (Å²) in [6.45, 7) is 0. The molecule has 0 N–H and O–H groups in total. The molecule has 0 aromatic heterocycles. The highest BCUT2D eigenvalue weighted by Crippen LogP contribution is 2.32. The van der Waals surface area contributed by atoms with E-state index in [2.05, 4.69) is 91.0 Å². The molecule has 0 spiro atoms. The molecule has 3 aromatic rings. The van der Waals surface area contributed by atoms with Crippen LogP contribution in [0.5, 0.6) is 0 Å². The van der Waals surface area contributed by atoms with Gasteiger partial charge in [-0.1, -0.05) is 91.0 Å². The molecule has 0 aliphatic carbocycles. The van der Waals surface area contributed by atoms with E-state index in [-0.39, 0.29) is 28.2 Å². The van der Waals surface area contributed by atoms with E-state index in [1.807, 2.05) is 0 Å². The van der Waals surface area contributed by atoms with E-state index < -0.39 is 7.92 Å². The largest absolute Gasteiger partial charge is 0.269 e. The first kappa shape index (κ1) is 30.5. The third kappa shape index (κ3) is 7.40. The molecule has 0 nitrogen and oxygen atoms in total. The van der Waals surface area contributed by atoms with Gasteiger partial charge in [-0.15, -0.1) is 0 Å². The van der Waals surface area contributed by atoms with Crippen LogP contribution in [0.15, 0.2) is 91.0 Å². The highest BCUT2D eigenvalue weighted by atomic mass is 31.1. The van der Waals surface area contributed by atoms with Crippen LogP contribution in [0.2, 0.25) is 0 Å². The quantitative estimate of drug-likeness (QED) is 0.467. The van der Waals surface area contributed by atoms with Crippen LogP contribution < -0.4 is 15.9 Å². The van der Waals surface area contributed by atoms with Crippen LogP contribution in [-0.4, -0.2) is 0 Å². The molecule has 0 amide bonds. The molecule has 0 fully saturated rings. The van der Waals surface area contributed by atoms with Crippen molar-refractivity contribution in [3.05, 3.63) is 91.0 Å². The van der Waals surface area contributed by atoms with Gasteiger partial charge in [0, 0.05) is 0 Å². The lowest BCUT2D eigenvalue weighted by molar-refractivity contribution is 1.11. The maximum Gasteiger partial charge on any atom is -0.0134 e. The smallest absolute Gasteiger partial charge is 0.0134 e. The Bertz CT molecular complexity index is 544. The second kappa shape index (κ2) is 15.2. The molecule has 0 aliphatic heterocycles. The van der Waals surface area contributed by atoms with Crippen LogP contribution in [0.3, 0.4) is 0 Å². The second-order valence-corrected chi connectivity index (χ2v) is 6.56. The van der Waals surface area contributed by atoms with Crippen LogP contribution in [-0.2, 0) is 0 Å². The summed E-state index contributed by atoms with van der Waals surface area (Å²) in [5.74, 6) is 0. The molecular formula is C18H21F6P. The normalized spacial score (nSPS) is 8.04. The van der Waals surface area contributed by atoms with Crippen molar-refractivity contribution in [1.82, 2.24) is 0 Å². The van der Waals surface area contributed by atoms with Gasteiger partial charge in [-0.05, 0) is 23.8 Å². The van der Waals surface area contributed by atoms with Gasteiger partial charge < -0.3 is 0 Å². The second-order valence-electron chi connectivity index (χ2n) is 4.34. The maximum atomic E-state index is 2.23. The highest BCUT2D eigenvalue weighted by molar-refractivity contribution is 7.79. The predicted octanol–water partition coefficient (Wildman–Crippen LogP) is 4.36. The third-order valence-corrected chi connectivity index (χ3v) is 5.49. The van der Waals surface area contributed by atoms with Gasteiger partial charge in [0.05, 0.1) is 0 Å². The predicted molar refractivity (Wildman–Crippen MR) is 100 cm³/mol. The van der Waals surface area contributed by atoms with Gasteiger partial charge in [0.2, 0.25) is 0 Å². The molecule has 3 aromatic carbocycles. The van der Waals surface area contributed by atoms with Crippen molar-refractivity contribution in [1.29, 1.82) is 0 Å². The molecule has 0 saturated carbocycles. The molecular weight excluding hydrogens is 361 g/mol. The molecule has 0 saturated heterocycles. The zero-order valence-electron chi connectivity index (χ0n) is 13.1. The summed E-state index contributed by atoms with van der Waals surface area (Å²) in [7, 11) is -0.446. The Balaban J connectivity index is -0.000000367. The van der Waals surface area contributed by atoms with Gasteiger partial charge >= 0.3 is 0 Å². The Morgan fingerprint density at radius 2 is 0.520 bits per heavy atom. The third-order valence-electron chi connectivity index (χ3n) is 3.04. The molecule has 0 heterocycles. The van der Waals surface area contributed by atoms with Crippen molar-refractivity contribution < 1.29 is 28.2 Å². The Hall–Kier alpha value is -2.33. The van der Waals surface area contributed by atoms with Crippen LogP contribution in [0.25, 0.3) is 0 Å². The van der Waals surface area contributed by atoms with E-state index in [1.54, 1.807) is 0 Å². The number of benzene rings is 3. The van der Waals surface area contributed by atoms with Crippen molar-refractivity contribution in [2.24, 2.45) is 0 Å². The van der Waals surface area contributed by atoms with Crippen LogP contribution in [0.1, 0.15) is 0 Å². The molecule has 0 aliphatic rings. The van der Waals surface area contributed by atoms with E-state index in [0.717, 1.165) is 0 Å². The maximum absolute atomic E-state index is 2.23. The Morgan fingerprint density at radius 1 is 0.320 bits per heavy atom. The summed E-state index contributed by atoms with van der Waals surface area (Å²) >= 11 is 0. The minimum Gasteiger partial charge on any atom is -0.269 e. The molecule has 7 heteroatoms. The minimum absolute atomic E-state index is 0. The van der Waals surface area contributed by atoms with Crippen LogP contribution >= 0.6 is 7.92 Å². The van der Waals surface area contributed by atoms with Crippen molar-refractivity contribution in [2.75, 3.05) is 0 Å². The molecule has 0 radical (unpaired) electrons. The van der Waals surface area contributed by atoms with Crippen LogP contribution in [0.4, 0.5) is 28.2 Å². The molecule has 25 heavy (non-hydrogen) atoms. The number of hydrogen-bond donors (Lipinski definition) is 0. The summed E-state index contributed by atoms with van der Waals surface area (Å²) in [5.41, 5.74) is 0. The van der Waals surface area contributed by atoms with Gasteiger partial charge in [0.15, 0.2) is 0 Å². The Morgan fingerprint density at radius 3 is 0.720 bits per heavy atom. The first-order chi connectivity index (χ1) is 9.45. The molecule has 140 valence electrons. The average molecular weight is 382 g/mol. The summed E-state index contributed by atoms with van der Waals surface area (Å²) in [5, 5.41) is 4.19. The first-order valence-corrected chi connectivity index (χ1v) is 7.74. The van der Waals surface area contributed by atoms with Crippen molar-refractivity contribution in [3.8, 4) is 0 Å². The van der Waals surface area contributed by atoms with Gasteiger partial charge in [0.25, 0.3) is 0 Å². The van der Waals surface area contributed by atoms with E-state index >= 15 is 0 Å². The molecule has 0 atom stereocenters. The zero-order valence-corrected chi connectivity index (χ0v) is 14.0. The fourth-order valence-electron chi connectivity index (χ4n) is 2.18. The number of rotatable bonds is 3. The summed E-state index contributed by atoms with van der Waals surface area (Å²) in [6, 6.07) is 32.3. The Kier molecular flexibility index (Phi) is 18.6. The van der Waals surface area contributed by atoms with Gasteiger partial charge in [0.1, 0.15) is 0 Å². The summed E-state index contributed by atoms with van der Waals surface area (Å²) < 4.78 is 0. The van der Waals surface area contributed by atoms with E-state index in [0.29, 0.717) is 0 Å². The van der Waals surface area contributed by atoms with Gasteiger partial charge in [-0.3, -0.25) is 28.2 Å². The lowest BCUT2D eigenvalue weighted by Crippen LogP contribution is -2.20. The van der Waals surface area contributed by atoms with E-state index in [4.69, 9.17) is 0 Å². The fourth-order valence-corrected chi connectivity index (χ4v) is 4.48. The molecule has 0 unspecified atom stereocenters. The van der Waals surface area contributed by atoms with Crippen molar-refractivity contribution in [2.45, 2.75) is 0 Å². The standard InChI is InChI=1S/C18H15P.6FH/c1-4-10-16(11-5-1)19(17-12-6-2-7-13-17)18-14-8-3-9-15-18;;;;;;/h1-15H;6*1H. The van der Waals surface area contributed by atoms with Crippen LogP contribution in [0, 0.1) is 0 Å². The SMILES string of the molecule is F.F.F.F.F.F.c1ccc(P(c2ccccc2)c2ccccc2)cc1. The lowest BCUT2D eigenvalue weighted by Gasteiger charge is -2.18. The minimum atomic E-state index is -0.446. The monoisotopic (exact) mass is 382 g/mol. The fraction of sp³-hybridized carbons (Fsp3) is 0. The lowest BCUT2D eigenvalue weighted by atomic mass is 10.4. The number of hydrogen-bond acceptors (Lipinski definition) is 0. The highest BCUT2D eigenvalue weighted by Gasteiger charge is 2.14. The van der Waals surface area contributed by atoms with Gasteiger partial charge in [-0.2, -0.15) is 0 Å². The van der Waals surface area contributed by atoms with Gasteiger partial charge in [-0.25, -0.2) is 0 Å². The first-order valence-electron chi connectivity index (χ1n) is 6.40. The summed E-state index contributed by atoms with van der Waals surface area (Å²) in [4.78, 5) is 0. The Labute approximate surface area is 143 Å². The molecule has 0 bridgehead atoms. The molecule has 3 rings (SSSR count). The van der Waals surface area contributed by atoms with E-state index in [9.17, 15) is 0 Å². The van der Waals surface area contributed by atoms with Crippen molar-refractivity contribution >= 4 is 23.8 Å². The number of halogens is 6. The zero-order chi connectivity index (χ0) is 12.9.